The predicted octanol–water partition coefficient (Wildman–Crippen LogP) is 1.70. The van der Waals surface area contributed by atoms with Gasteiger partial charge in [0.1, 0.15) is 16.4 Å². The van der Waals surface area contributed by atoms with Gasteiger partial charge >= 0.3 is 0 Å². The molecule has 84 valence electrons. The average molecular weight is 262 g/mol. The molecule has 0 amide bonds. The Morgan fingerprint density at radius 3 is 2.71 bits per heavy atom. The third-order valence-electron chi connectivity index (χ3n) is 1.95. The molecule has 17 heavy (non-hydrogen) atoms. The van der Waals surface area contributed by atoms with Crippen molar-refractivity contribution in [1.29, 1.82) is 0 Å². The zero-order valence-electron chi connectivity index (χ0n) is 8.44. The molecule has 0 spiro atoms. The fraction of sp³-hybridized carbons (Fsp3) is 0. The Kier molecular flexibility index (Phi) is 2.50. The van der Waals surface area contributed by atoms with Crippen molar-refractivity contribution in [2.24, 2.45) is 0 Å². The van der Waals surface area contributed by atoms with Crippen LogP contribution in [0.4, 0.5) is 5.13 Å². The maximum absolute atomic E-state index is 5.53. The van der Waals surface area contributed by atoms with Crippen molar-refractivity contribution in [2.45, 2.75) is 0 Å². The van der Waals surface area contributed by atoms with E-state index in [-0.39, 0.29) is 0 Å². The fourth-order valence-corrected chi connectivity index (χ4v) is 2.65. The summed E-state index contributed by atoms with van der Waals surface area (Å²) >= 11 is 2.80. The monoisotopic (exact) mass is 262 g/mol. The average Bonchev–Trinajstić information content (AvgIpc) is 2.98. The molecular formula is C9H6N6S2. The van der Waals surface area contributed by atoms with Crippen LogP contribution in [-0.4, -0.2) is 25.1 Å². The lowest BCUT2D eigenvalue weighted by Gasteiger charge is -1.91. The van der Waals surface area contributed by atoms with Crippen LogP contribution in [-0.2, 0) is 0 Å². The number of aromatic nitrogens is 5. The van der Waals surface area contributed by atoms with Gasteiger partial charge in [-0.3, -0.25) is 9.97 Å². The second kappa shape index (κ2) is 4.15. The van der Waals surface area contributed by atoms with E-state index in [1.54, 1.807) is 18.6 Å². The molecule has 3 heterocycles. The largest absolute Gasteiger partial charge is 0.374 e. The minimum atomic E-state index is 0.439. The van der Waals surface area contributed by atoms with Gasteiger partial charge < -0.3 is 5.73 Å². The number of nitrogen functional groups attached to an aromatic ring is 1. The van der Waals surface area contributed by atoms with Crippen molar-refractivity contribution in [3.63, 3.8) is 0 Å². The van der Waals surface area contributed by atoms with Crippen LogP contribution in [0.25, 0.3) is 21.4 Å². The lowest BCUT2D eigenvalue weighted by Crippen LogP contribution is -1.83. The Morgan fingerprint density at radius 1 is 1.06 bits per heavy atom. The van der Waals surface area contributed by atoms with Gasteiger partial charge in [-0.15, -0.1) is 21.5 Å². The summed E-state index contributed by atoms with van der Waals surface area (Å²) in [6, 6.07) is 0. The SMILES string of the molecule is Nc1nnc(-c2csc(-c3cnccn3)n2)s1. The van der Waals surface area contributed by atoms with Gasteiger partial charge in [-0.1, -0.05) is 11.3 Å². The third kappa shape index (κ3) is 1.99. The molecule has 0 aromatic carbocycles. The minimum absolute atomic E-state index is 0.439. The highest BCUT2D eigenvalue weighted by Gasteiger charge is 2.11. The zero-order valence-corrected chi connectivity index (χ0v) is 10.1. The Morgan fingerprint density at radius 2 is 2.00 bits per heavy atom. The van der Waals surface area contributed by atoms with Crippen molar-refractivity contribution in [3.8, 4) is 21.4 Å². The number of hydrogen-bond acceptors (Lipinski definition) is 8. The molecule has 2 N–H and O–H groups in total. The molecule has 3 aromatic rings. The first-order valence-electron chi connectivity index (χ1n) is 4.64. The topological polar surface area (TPSA) is 90.5 Å². The lowest BCUT2D eigenvalue weighted by molar-refractivity contribution is 1.10. The van der Waals surface area contributed by atoms with Crippen LogP contribution >= 0.6 is 22.7 Å². The summed E-state index contributed by atoms with van der Waals surface area (Å²) in [4.78, 5) is 12.6. The highest BCUT2D eigenvalue weighted by Crippen LogP contribution is 2.29. The van der Waals surface area contributed by atoms with Crippen molar-refractivity contribution < 1.29 is 0 Å². The van der Waals surface area contributed by atoms with E-state index in [9.17, 15) is 0 Å². The van der Waals surface area contributed by atoms with Crippen LogP contribution in [0.2, 0.25) is 0 Å². The van der Waals surface area contributed by atoms with Gasteiger partial charge in [0.2, 0.25) is 5.13 Å². The quantitative estimate of drug-likeness (QED) is 0.756. The number of anilines is 1. The molecule has 0 aliphatic rings. The van der Waals surface area contributed by atoms with Crippen molar-refractivity contribution in [2.75, 3.05) is 5.73 Å². The zero-order chi connectivity index (χ0) is 11.7. The maximum Gasteiger partial charge on any atom is 0.203 e. The molecule has 0 unspecified atom stereocenters. The van der Waals surface area contributed by atoms with E-state index in [2.05, 4.69) is 25.1 Å². The highest BCUT2D eigenvalue weighted by atomic mass is 32.1. The minimum Gasteiger partial charge on any atom is -0.374 e. The van der Waals surface area contributed by atoms with Crippen LogP contribution < -0.4 is 5.73 Å². The highest BCUT2D eigenvalue weighted by molar-refractivity contribution is 7.19. The molecule has 3 rings (SSSR count). The Balaban J connectivity index is 1.99. The first-order chi connectivity index (χ1) is 8.33. The van der Waals surface area contributed by atoms with E-state index in [1.165, 1.54) is 22.7 Å². The van der Waals surface area contributed by atoms with Crippen LogP contribution in [0.1, 0.15) is 0 Å². The van der Waals surface area contributed by atoms with Crippen LogP contribution in [0.5, 0.6) is 0 Å². The normalized spacial score (nSPS) is 10.6. The molecule has 0 saturated heterocycles. The summed E-state index contributed by atoms with van der Waals surface area (Å²) in [7, 11) is 0. The molecule has 0 bridgehead atoms. The molecule has 0 aliphatic heterocycles. The molecule has 0 radical (unpaired) electrons. The first-order valence-corrected chi connectivity index (χ1v) is 6.34. The van der Waals surface area contributed by atoms with E-state index in [0.29, 0.717) is 10.1 Å². The van der Waals surface area contributed by atoms with Gasteiger partial charge in [-0.05, 0) is 0 Å². The number of nitrogens with zero attached hydrogens (tertiary/aromatic N) is 5. The van der Waals surface area contributed by atoms with Gasteiger partial charge in [0.05, 0.1) is 6.20 Å². The molecule has 6 nitrogen and oxygen atoms in total. The molecular weight excluding hydrogens is 256 g/mol. The number of rotatable bonds is 2. The van der Waals surface area contributed by atoms with Crippen LogP contribution in [0.15, 0.2) is 24.0 Å². The van der Waals surface area contributed by atoms with E-state index >= 15 is 0 Å². The molecule has 0 saturated carbocycles. The van der Waals surface area contributed by atoms with Gasteiger partial charge in [-0.2, -0.15) is 0 Å². The maximum atomic E-state index is 5.53. The van der Waals surface area contributed by atoms with Gasteiger partial charge in [-0.25, -0.2) is 4.98 Å². The summed E-state index contributed by atoms with van der Waals surface area (Å²) in [5.74, 6) is 0. The Bertz CT molecular complexity index is 632. The number of nitrogens with two attached hydrogens (primary N) is 1. The molecule has 3 aromatic heterocycles. The van der Waals surface area contributed by atoms with E-state index in [0.717, 1.165) is 16.4 Å². The second-order valence-corrected chi connectivity index (χ2v) is 4.94. The van der Waals surface area contributed by atoms with E-state index in [1.807, 2.05) is 5.38 Å². The first kappa shape index (κ1) is 10.2. The van der Waals surface area contributed by atoms with Crippen molar-refractivity contribution >= 4 is 27.8 Å². The summed E-state index contributed by atoms with van der Waals surface area (Å²) < 4.78 is 0. The fourth-order valence-electron chi connectivity index (χ4n) is 1.24. The molecule has 0 aliphatic carbocycles. The summed E-state index contributed by atoms with van der Waals surface area (Å²) in [5, 5.41) is 11.6. The van der Waals surface area contributed by atoms with Crippen molar-refractivity contribution in [3.05, 3.63) is 24.0 Å². The lowest BCUT2D eigenvalue weighted by atomic mass is 10.4. The molecule has 0 fully saturated rings. The van der Waals surface area contributed by atoms with Crippen LogP contribution in [0, 0.1) is 0 Å². The van der Waals surface area contributed by atoms with Gasteiger partial charge in [0.15, 0.2) is 5.01 Å². The Hall–Kier alpha value is -1.93. The third-order valence-corrected chi connectivity index (χ3v) is 3.59. The van der Waals surface area contributed by atoms with Gasteiger partial charge in [0, 0.05) is 17.8 Å². The van der Waals surface area contributed by atoms with Crippen LogP contribution in [0.3, 0.4) is 0 Å². The van der Waals surface area contributed by atoms with E-state index in [4.69, 9.17) is 5.73 Å². The summed E-state index contributed by atoms with van der Waals surface area (Å²) in [5.41, 5.74) is 7.05. The summed E-state index contributed by atoms with van der Waals surface area (Å²) in [6.07, 6.45) is 4.94. The molecule has 0 atom stereocenters. The smallest absolute Gasteiger partial charge is 0.203 e. The summed E-state index contributed by atoms with van der Waals surface area (Å²) in [6.45, 7) is 0. The molecule has 8 heteroatoms. The number of thiazole rings is 1. The second-order valence-electron chi connectivity index (χ2n) is 3.07. The predicted molar refractivity (Wildman–Crippen MR) is 66.5 cm³/mol. The standard InChI is InChI=1S/C9H6N6S2/c10-9-15-14-8(17-9)6-4-16-7(13-6)5-3-11-1-2-12-5/h1-4H,(H2,10,15). The van der Waals surface area contributed by atoms with Gasteiger partial charge in [0.25, 0.3) is 0 Å². The van der Waals surface area contributed by atoms with E-state index < -0.39 is 0 Å². The number of hydrogen-bond donors (Lipinski definition) is 1. The van der Waals surface area contributed by atoms with Crippen molar-refractivity contribution in [1.82, 2.24) is 25.1 Å². The Labute approximate surface area is 104 Å².